The quantitative estimate of drug-likeness (QED) is 0.753. The van der Waals surface area contributed by atoms with Crippen molar-refractivity contribution in [3.05, 3.63) is 82.8 Å². The molecule has 1 heterocycles. The summed E-state index contributed by atoms with van der Waals surface area (Å²) in [7, 11) is 1.51. The Hall–Kier alpha value is -3.41. The predicted molar refractivity (Wildman–Crippen MR) is 108 cm³/mol. The van der Waals surface area contributed by atoms with E-state index in [2.05, 4.69) is 41.3 Å². The van der Waals surface area contributed by atoms with Crippen molar-refractivity contribution in [2.24, 2.45) is 7.05 Å². The number of carbonyl (C=O) groups is 1. The van der Waals surface area contributed by atoms with Crippen LogP contribution in [-0.4, -0.2) is 21.7 Å². The molecule has 6 heteroatoms. The highest BCUT2D eigenvalue weighted by Crippen LogP contribution is 2.28. The second-order valence-electron chi connectivity index (χ2n) is 6.48. The minimum absolute atomic E-state index is 0.189. The lowest BCUT2D eigenvalue weighted by Gasteiger charge is -2.29. The minimum atomic E-state index is -0.359. The molecule has 138 valence electrons. The van der Waals surface area contributed by atoms with E-state index in [1.807, 2.05) is 42.5 Å². The molecule has 0 fully saturated rings. The van der Waals surface area contributed by atoms with Gasteiger partial charge >= 0.3 is 0 Å². The van der Waals surface area contributed by atoms with Gasteiger partial charge in [-0.1, -0.05) is 18.2 Å². The van der Waals surface area contributed by atoms with E-state index < -0.39 is 0 Å². The number of aryl methyl sites for hydroxylation is 1. The van der Waals surface area contributed by atoms with Crippen LogP contribution < -0.4 is 15.8 Å². The summed E-state index contributed by atoms with van der Waals surface area (Å²) in [5.41, 5.74) is 2.74. The molecule has 3 rings (SSSR count). The van der Waals surface area contributed by atoms with Crippen LogP contribution in [0, 0.1) is 0 Å². The monoisotopic (exact) mass is 362 g/mol. The summed E-state index contributed by atoms with van der Waals surface area (Å²) in [6.07, 6.45) is 0. The predicted octanol–water partition coefficient (Wildman–Crippen LogP) is 3.58. The van der Waals surface area contributed by atoms with Crippen LogP contribution in [0.4, 0.5) is 17.1 Å². The Bertz CT molecular complexity index is 979. The third-order valence-corrected chi connectivity index (χ3v) is 4.15. The number of hydrogen-bond acceptors (Lipinski definition) is 4. The lowest BCUT2D eigenvalue weighted by molar-refractivity contribution is 0.102. The molecule has 0 aliphatic carbocycles. The summed E-state index contributed by atoms with van der Waals surface area (Å²) in [5.74, 6) is -0.359. The number of amides is 1. The fourth-order valence-electron chi connectivity index (χ4n) is 2.86. The highest BCUT2D eigenvalue weighted by atomic mass is 16.2. The Morgan fingerprint density at radius 2 is 1.59 bits per heavy atom. The first-order valence-electron chi connectivity index (χ1n) is 8.76. The highest BCUT2D eigenvalue weighted by Gasteiger charge is 2.13. The average molecular weight is 362 g/mol. The van der Waals surface area contributed by atoms with Crippen molar-refractivity contribution in [1.82, 2.24) is 9.78 Å². The Labute approximate surface area is 158 Å². The molecule has 1 aromatic heterocycles. The summed E-state index contributed by atoms with van der Waals surface area (Å²) in [5, 5.41) is 6.77. The largest absolute Gasteiger partial charge is 0.339 e. The van der Waals surface area contributed by atoms with E-state index in [-0.39, 0.29) is 23.2 Å². The molecule has 0 spiro atoms. The van der Waals surface area contributed by atoms with Crippen LogP contribution in [0.2, 0.25) is 0 Å². The Morgan fingerprint density at radius 3 is 2.19 bits per heavy atom. The van der Waals surface area contributed by atoms with E-state index >= 15 is 0 Å². The maximum atomic E-state index is 12.3. The number of para-hydroxylation sites is 1. The Morgan fingerprint density at radius 1 is 0.963 bits per heavy atom. The van der Waals surface area contributed by atoms with Gasteiger partial charge in [0.25, 0.3) is 11.5 Å². The average Bonchev–Trinajstić information content (AvgIpc) is 2.66. The van der Waals surface area contributed by atoms with Gasteiger partial charge in [-0.3, -0.25) is 9.59 Å². The first-order chi connectivity index (χ1) is 13.0. The van der Waals surface area contributed by atoms with Crippen LogP contribution in [0.3, 0.4) is 0 Å². The molecule has 1 N–H and O–H groups in total. The zero-order valence-corrected chi connectivity index (χ0v) is 15.6. The van der Waals surface area contributed by atoms with Gasteiger partial charge in [-0.25, -0.2) is 4.68 Å². The maximum Gasteiger partial charge on any atom is 0.276 e. The fraction of sp³-hybridized carbons (Fsp3) is 0.190. The van der Waals surface area contributed by atoms with Gasteiger partial charge in [-0.15, -0.1) is 0 Å². The van der Waals surface area contributed by atoms with Crippen LogP contribution in [0.1, 0.15) is 24.3 Å². The van der Waals surface area contributed by atoms with Gasteiger partial charge in [0.2, 0.25) is 0 Å². The van der Waals surface area contributed by atoms with E-state index in [1.54, 1.807) is 0 Å². The van der Waals surface area contributed by atoms with Crippen molar-refractivity contribution >= 4 is 23.0 Å². The molecule has 0 saturated carbocycles. The lowest BCUT2D eigenvalue weighted by atomic mass is 10.2. The fourth-order valence-corrected chi connectivity index (χ4v) is 2.86. The Kier molecular flexibility index (Phi) is 5.35. The standard InChI is InChI=1S/C21H22N4O2/c1-15(2)25(17-7-5-4-6-8-17)18-11-9-16(10-12-18)22-21(27)19-13-14-20(26)24(3)23-19/h4-15H,1-3H3,(H,22,27). The van der Waals surface area contributed by atoms with Gasteiger partial charge < -0.3 is 10.2 Å². The number of nitrogens with zero attached hydrogens (tertiary/aromatic N) is 3. The van der Waals surface area contributed by atoms with Crippen LogP contribution in [0.15, 0.2) is 71.5 Å². The summed E-state index contributed by atoms with van der Waals surface area (Å²) < 4.78 is 1.14. The molecule has 0 saturated heterocycles. The van der Waals surface area contributed by atoms with E-state index in [9.17, 15) is 9.59 Å². The SMILES string of the molecule is CC(C)N(c1ccccc1)c1ccc(NC(=O)c2ccc(=O)n(C)n2)cc1. The first-order valence-corrected chi connectivity index (χ1v) is 8.76. The van der Waals surface area contributed by atoms with Crippen molar-refractivity contribution < 1.29 is 4.79 Å². The highest BCUT2D eigenvalue weighted by molar-refractivity contribution is 6.02. The van der Waals surface area contributed by atoms with E-state index in [4.69, 9.17) is 0 Å². The third-order valence-electron chi connectivity index (χ3n) is 4.15. The third kappa shape index (κ3) is 4.23. The molecule has 6 nitrogen and oxygen atoms in total. The molecule has 0 aliphatic rings. The number of hydrogen-bond donors (Lipinski definition) is 1. The zero-order chi connectivity index (χ0) is 19.4. The molecular weight excluding hydrogens is 340 g/mol. The molecule has 0 radical (unpaired) electrons. The van der Waals surface area contributed by atoms with Crippen LogP contribution >= 0.6 is 0 Å². The topological polar surface area (TPSA) is 67.2 Å². The summed E-state index contributed by atoms with van der Waals surface area (Å²) in [6.45, 7) is 4.27. The summed E-state index contributed by atoms with van der Waals surface area (Å²) in [6, 6.07) is 20.8. The maximum absolute atomic E-state index is 12.3. The molecule has 0 unspecified atom stereocenters. The van der Waals surface area contributed by atoms with Gasteiger partial charge in [0.15, 0.2) is 0 Å². The number of aromatic nitrogens is 2. The van der Waals surface area contributed by atoms with Crippen LogP contribution in [0.25, 0.3) is 0 Å². The van der Waals surface area contributed by atoms with Crippen LogP contribution in [-0.2, 0) is 7.05 Å². The lowest BCUT2D eigenvalue weighted by Crippen LogP contribution is -2.25. The molecule has 3 aromatic rings. The first kappa shape index (κ1) is 18.4. The molecular formula is C21H22N4O2. The second-order valence-corrected chi connectivity index (χ2v) is 6.48. The summed E-state index contributed by atoms with van der Waals surface area (Å²) >= 11 is 0. The number of carbonyl (C=O) groups excluding carboxylic acids is 1. The van der Waals surface area contributed by atoms with Crippen molar-refractivity contribution in [3.8, 4) is 0 Å². The second kappa shape index (κ2) is 7.86. The number of anilines is 3. The van der Waals surface area contributed by atoms with Gasteiger partial charge in [0.05, 0.1) is 0 Å². The van der Waals surface area contributed by atoms with Gasteiger partial charge in [-0.2, -0.15) is 5.10 Å². The van der Waals surface area contributed by atoms with E-state index in [1.165, 1.54) is 19.2 Å². The zero-order valence-electron chi connectivity index (χ0n) is 15.6. The molecule has 1 amide bonds. The number of rotatable bonds is 5. The molecule has 2 aromatic carbocycles. The Balaban J connectivity index is 1.79. The van der Waals surface area contributed by atoms with Crippen molar-refractivity contribution in [1.29, 1.82) is 0 Å². The molecule has 27 heavy (non-hydrogen) atoms. The number of nitrogens with one attached hydrogen (secondary N) is 1. The van der Waals surface area contributed by atoms with Crippen molar-refractivity contribution in [3.63, 3.8) is 0 Å². The van der Waals surface area contributed by atoms with Gasteiger partial charge in [0, 0.05) is 36.2 Å². The van der Waals surface area contributed by atoms with Crippen molar-refractivity contribution in [2.75, 3.05) is 10.2 Å². The minimum Gasteiger partial charge on any atom is -0.339 e. The van der Waals surface area contributed by atoms with E-state index in [0.717, 1.165) is 16.1 Å². The summed E-state index contributed by atoms with van der Waals surface area (Å²) in [4.78, 5) is 25.9. The molecule has 0 aliphatic heterocycles. The normalized spacial score (nSPS) is 10.7. The van der Waals surface area contributed by atoms with Crippen molar-refractivity contribution in [2.45, 2.75) is 19.9 Å². The van der Waals surface area contributed by atoms with Gasteiger partial charge in [0.1, 0.15) is 5.69 Å². The molecule has 0 bridgehead atoms. The number of benzene rings is 2. The molecule has 0 atom stereocenters. The van der Waals surface area contributed by atoms with Gasteiger partial charge in [-0.05, 0) is 56.3 Å². The van der Waals surface area contributed by atoms with Crippen LogP contribution in [0.5, 0.6) is 0 Å². The smallest absolute Gasteiger partial charge is 0.276 e. The van der Waals surface area contributed by atoms with E-state index in [0.29, 0.717) is 5.69 Å².